The molecular formula is C15H9ClFN3O4. The van der Waals surface area contributed by atoms with Crippen LogP contribution in [0.3, 0.4) is 0 Å². The van der Waals surface area contributed by atoms with Crippen LogP contribution >= 0.6 is 11.6 Å². The van der Waals surface area contributed by atoms with Crippen LogP contribution < -0.4 is 4.74 Å². The van der Waals surface area contributed by atoms with Gasteiger partial charge in [-0.2, -0.15) is 4.98 Å². The SMILES string of the molecule is O=[N+]([O-])c1ccc(OCc2noc(-c3ccc(Cl)cc3)n2)c(F)c1. The van der Waals surface area contributed by atoms with E-state index in [1.165, 1.54) is 6.07 Å². The third-order valence-electron chi connectivity index (χ3n) is 3.04. The van der Waals surface area contributed by atoms with E-state index in [9.17, 15) is 14.5 Å². The molecule has 0 unspecified atom stereocenters. The molecular weight excluding hydrogens is 341 g/mol. The highest BCUT2D eigenvalue weighted by atomic mass is 35.5. The van der Waals surface area contributed by atoms with Crippen LogP contribution in [0.25, 0.3) is 11.5 Å². The predicted molar refractivity (Wildman–Crippen MR) is 82.1 cm³/mol. The molecule has 0 saturated carbocycles. The van der Waals surface area contributed by atoms with Crippen molar-refractivity contribution in [2.45, 2.75) is 6.61 Å². The summed E-state index contributed by atoms with van der Waals surface area (Å²) < 4.78 is 24.0. The monoisotopic (exact) mass is 349 g/mol. The average Bonchev–Trinajstić information content (AvgIpc) is 3.03. The summed E-state index contributed by atoms with van der Waals surface area (Å²) in [5.74, 6) is -0.504. The Bertz CT molecular complexity index is 883. The highest BCUT2D eigenvalue weighted by Gasteiger charge is 2.14. The van der Waals surface area contributed by atoms with Gasteiger partial charge in [-0.1, -0.05) is 16.8 Å². The molecule has 3 rings (SSSR count). The Kier molecular flexibility index (Phi) is 4.39. The lowest BCUT2D eigenvalue weighted by Gasteiger charge is -2.04. The van der Waals surface area contributed by atoms with Crippen molar-refractivity contribution in [1.29, 1.82) is 0 Å². The zero-order chi connectivity index (χ0) is 17.1. The average molecular weight is 350 g/mol. The molecule has 0 saturated heterocycles. The van der Waals surface area contributed by atoms with Gasteiger partial charge < -0.3 is 9.26 Å². The lowest BCUT2D eigenvalue weighted by molar-refractivity contribution is -0.385. The van der Waals surface area contributed by atoms with Crippen molar-refractivity contribution in [2.24, 2.45) is 0 Å². The Balaban J connectivity index is 1.69. The lowest BCUT2D eigenvalue weighted by atomic mass is 10.2. The minimum absolute atomic E-state index is 0.140. The standard InChI is InChI=1S/C15H9ClFN3O4/c16-10-3-1-9(2-4-10)15-18-14(19-24-15)8-23-13-6-5-11(20(21)22)7-12(13)17/h1-7H,8H2. The van der Waals surface area contributed by atoms with Gasteiger partial charge in [0.1, 0.15) is 0 Å². The molecule has 0 N–H and O–H groups in total. The van der Waals surface area contributed by atoms with Crippen LogP contribution in [0.1, 0.15) is 5.82 Å². The highest BCUT2D eigenvalue weighted by molar-refractivity contribution is 6.30. The summed E-state index contributed by atoms with van der Waals surface area (Å²) in [7, 11) is 0. The number of nitro groups is 1. The number of benzene rings is 2. The number of nitro benzene ring substituents is 1. The fourth-order valence-corrected chi connectivity index (χ4v) is 2.01. The molecule has 3 aromatic rings. The van der Waals surface area contributed by atoms with Gasteiger partial charge in [0.05, 0.1) is 11.0 Å². The number of hydrogen-bond acceptors (Lipinski definition) is 6. The molecule has 0 bridgehead atoms. The van der Waals surface area contributed by atoms with Crippen LogP contribution in [-0.2, 0) is 6.61 Å². The minimum Gasteiger partial charge on any atom is -0.482 e. The van der Waals surface area contributed by atoms with Crippen molar-refractivity contribution in [3.05, 3.63) is 69.2 Å². The lowest BCUT2D eigenvalue weighted by Crippen LogP contribution is -2.00. The van der Waals surface area contributed by atoms with Crippen molar-refractivity contribution >= 4 is 17.3 Å². The molecule has 1 aromatic heterocycles. The Hall–Kier alpha value is -3.00. The largest absolute Gasteiger partial charge is 0.482 e. The number of rotatable bonds is 5. The molecule has 2 aromatic carbocycles. The Morgan fingerprint density at radius 2 is 2.00 bits per heavy atom. The highest BCUT2D eigenvalue weighted by Crippen LogP contribution is 2.24. The van der Waals surface area contributed by atoms with E-state index in [-0.39, 0.29) is 29.8 Å². The first kappa shape index (κ1) is 15.9. The first-order chi connectivity index (χ1) is 11.5. The van der Waals surface area contributed by atoms with Gasteiger partial charge in [-0.05, 0) is 30.3 Å². The van der Waals surface area contributed by atoms with Gasteiger partial charge in [-0.15, -0.1) is 0 Å². The Morgan fingerprint density at radius 3 is 2.67 bits per heavy atom. The summed E-state index contributed by atoms with van der Waals surface area (Å²) in [5, 5.41) is 14.9. The second kappa shape index (κ2) is 6.63. The van der Waals surface area contributed by atoms with Crippen molar-refractivity contribution in [1.82, 2.24) is 10.1 Å². The van der Waals surface area contributed by atoms with Gasteiger partial charge in [-0.3, -0.25) is 10.1 Å². The normalized spacial score (nSPS) is 10.6. The molecule has 0 radical (unpaired) electrons. The Morgan fingerprint density at radius 1 is 1.25 bits per heavy atom. The maximum Gasteiger partial charge on any atom is 0.272 e. The van der Waals surface area contributed by atoms with Gasteiger partial charge in [0.25, 0.3) is 11.6 Å². The number of halogens is 2. The maximum atomic E-state index is 13.7. The fourth-order valence-electron chi connectivity index (χ4n) is 1.88. The van der Waals surface area contributed by atoms with E-state index in [1.54, 1.807) is 24.3 Å². The van der Waals surface area contributed by atoms with Crippen molar-refractivity contribution in [3.8, 4) is 17.2 Å². The molecule has 0 amide bonds. The fraction of sp³-hybridized carbons (Fsp3) is 0.0667. The van der Waals surface area contributed by atoms with Gasteiger partial charge in [0, 0.05) is 16.7 Å². The van der Waals surface area contributed by atoms with Crippen molar-refractivity contribution in [3.63, 3.8) is 0 Å². The summed E-state index contributed by atoms with van der Waals surface area (Å²) in [6, 6.07) is 9.91. The number of non-ortho nitro benzene ring substituents is 1. The van der Waals surface area contributed by atoms with E-state index in [0.717, 1.165) is 12.1 Å². The van der Waals surface area contributed by atoms with E-state index in [2.05, 4.69) is 10.1 Å². The van der Waals surface area contributed by atoms with E-state index in [0.29, 0.717) is 10.6 Å². The molecule has 0 spiro atoms. The third kappa shape index (κ3) is 3.49. The molecule has 7 nitrogen and oxygen atoms in total. The molecule has 0 aliphatic heterocycles. The summed E-state index contributed by atoms with van der Waals surface area (Å²) >= 11 is 5.80. The van der Waals surface area contributed by atoms with E-state index in [4.69, 9.17) is 20.9 Å². The van der Waals surface area contributed by atoms with Crippen LogP contribution in [0.15, 0.2) is 47.0 Å². The molecule has 24 heavy (non-hydrogen) atoms. The first-order valence-corrected chi connectivity index (χ1v) is 7.06. The molecule has 0 aliphatic carbocycles. The number of nitrogens with zero attached hydrogens (tertiary/aromatic N) is 3. The summed E-state index contributed by atoms with van der Waals surface area (Å²) in [6.07, 6.45) is 0. The number of hydrogen-bond donors (Lipinski definition) is 0. The van der Waals surface area contributed by atoms with Crippen LogP contribution in [0, 0.1) is 15.9 Å². The predicted octanol–water partition coefficient (Wildman–Crippen LogP) is 4.02. The van der Waals surface area contributed by atoms with Crippen molar-refractivity contribution in [2.75, 3.05) is 0 Å². The summed E-state index contributed by atoms with van der Waals surface area (Å²) in [6.45, 7) is -0.147. The number of ether oxygens (including phenoxy) is 1. The quantitative estimate of drug-likeness (QED) is 0.510. The van der Waals surface area contributed by atoms with Crippen LogP contribution in [0.5, 0.6) is 5.75 Å². The molecule has 0 atom stereocenters. The van der Waals surface area contributed by atoms with Crippen LogP contribution in [0.4, 0.5) is 10.1 Å². The van der Waals surface area contributed by atoms with Gasteiger partial charge in [-0.25, -0.2) is 4.39 Å². The topological polar surface area (TPSA) is 91.3 Å². The maximum absolute atomic E-state index is 13.7. The zero-order valence-electron chi connectivity index (χ0n) is 12.0. The smallest absolute Gasteiger partial charge is 0.272 e. The molecule has 1 heterocycles. The van der Waals surface area contributed by atoms with E-state index >= 15 is 0 Å². The zero-order valence-corrected chi connectivity index (χ0v) is 12.7. The van der Waals surface area contributed by atoms with Crippen LogP contribution in [-0.4, -0.2) is 15.1 Å². The number of aromatic nitrogens is 2. The third-order valence-corrected chi connectivity index (χ3v) is 3.29. The summed E-state index contributed by atoms with van der Waals surface area (Å²) in [5.41, 5.74) is 0.323. The van der Waals surface area contributed by atoms with Crippen molar-refractivity contribution < 1.29 is 18.6 Å². The van der Waals surface area contributed by atoms with Gasteiger partial charge >= 0.3 is 0 Å². The molecule has 0 fully saturated rings. The first-order valence-electron chi connectivity index (χ1n) is 6.68. The Labute approximate surface area is 139 Å². The van der Waals surface area contributed by atoms with E-state index < -0.39 is 10.7 Å². The van der Waals surface area contributed by atoms with Gasteiger partial charge in [0.2, 0.25) is 5.82 Å². The second-order valence-corrected chi connectivity index (χ2v) is 5.12. The van der Waals surface area contributed by atoms with Gasteiger partial charge in [0.15, 0.2) is 18.2 Å². The van der Waals surface area contributed by atoms with Crippen LogP contribution in [0.2, 0.25) is 5.02 Å². The molecule has 122 valence electrons. The van der Waals surface area contributed by atoms with E-state index in [1.807, 2.05) is 0 Å². The molecule has 9 heteroatoms. The second-order valence-electron chi connectivity index (χ2n) is 4.68. The minimum atomic E-state index is -0.842. The summed E-state index contributed by atoms with van der Waals surface area (Å²) in [4.78, 5) is 14.0. The molecule has 0 aliphatic rings.